The highest BCUT2D eigenvalue weighted by atomic mass is 31.2. The van der Waals surface area contributed by atoms with Crippen LogP contribution in [0.2, 0.25) is 0 Å². The van der Waals surface area contributed by atoms with Gasteiger partial charge in [0.05, 0.1) is 13.2 Å². The van der Waals surface area contributed by atoms with Gasteiger partial charge in [-0.25, -0.2) is 4.57 Å². The van der Waals surface area contributed by atoms with Crippen LogP contribution in [0, 0.1) is 0 Å². The minimum Gasteiger partial charge on any atom is -0.480 e. The number of phosphoric acid groups is 1. The van der Waals surface area contributed by atoms with Crippen LogP contribution in [0.3, 0.4) is 0 Å². The number of unbranched alkanes of at least 4 members (excludes halogenated alkanes) is 32. The number of carbonyl (C=O) groups is 3. The van der Waals surface area contributed by atoms with Crippen molar-refractivity contribution in [3.8, 4) is 0 Å². The number of carbonyl (C=O) groups excluding carboxylic acids is 2. The third-order valence-electron chi connectivity index (χ3n) is 11.3. The molecule has 12 heteroatoms. The van der Waals surface area contributed by atoms with Gasteiger partial charge in [-0.1, -0.05) is 212 Å². The predicted octanol–water partition coefficient (Wildman–Crippen LogP) is 14.0. The zero-order chi connectivity index (χ0) is 44.9. The average molecular weight is 888 g/mol. The molecule has 0 radical (unpaired) electrons. The van der Waals surface area contributed by atoms with Gasteiger partial charge in [-0.3, -0.25) is 23.4 Å². The van der Waals surface area contributed by atoms with Gasteiger partial charge in [0.1, 0.15) is 12.6 Å². The van der Waals surface area contributed by atoms with Crippen molar-refractivity contribution >= 4 is 25.7 Å². The van der Waals surface area contributed by atoms with Gasteiger partial charge in [0.25, 0.3) is 0 Å². The fraction of sp³-hybridized carbons (Fsp3) is 0.898. The summed E-state index contributed by atoms with van der Waals surface area (Å²) in [6, 6.07) is -1.52. The molecular weight excluding hydrogens is 794 g/mol. The quantitative estimate of drug-likeness (QED) is 0.0230. The van der Waals surface area contributed by atoms with Crippen LogP contribution in [0.15, 0.2) is 12.2 Å². The minimum absolute atomic E-state index is 0.167. The van der Waals surface area contributed by atoms with Crippen LogP contribution in [0.25, 0.3) is 0 Å². The van der Waals surface area contributed by atoms with Gasteiger partial charge in [-0.15, -0.1) is 0 Å². The summed E-state index contributed by atoms with van der Waals surface area (Å²) in [5, 5.41) is 8.91. The molecule has 4 N–H and O–H groups in total. The molecule has 0 saturated heterocycles. The lowest BCUT2D eigenvalue weighted by molar-refractivity contribution is -0.161. The number of phosphoric ester groups is 1. The van der Waals surface area contributed by atoms with Gasteiger partial charge >= 0.3 is 25.7 Å². The Bertz CT molecular complexity index is 1090. The monoisotopic (exact) mass is 888 g/mol. The minimum atomic E-state index is -4.72. The average Bonchev–Trinajstić information content (AvgIpc) is 3.24. The maximum absolute atomic E-state index is 12.7. The maximum Gasteiger partial charge on any atom is 0.472 e. The maximum atomic E-state index is 12.7. The number of allylic oxidation sites excluding steroid dienone is 2. The van der Waals surface area contributed by atoms with Crippen molar-refractivity contribution in [3.63, 3.8) is 0 Å². The molecule has 0 rings (SSSR count). The van der Waals surface area contributed by atoms with Crippen LogP contribution < -0.4 is 5.73 Å². The molecule has 0 aliphatic carbocycles. The zero-order valence-electron chi connectivity index (χ0n) is 39.3. The first-order valence-corrected chi connectivity index (χ1v) is 26.7. The fourth-order valence-electron chi connectivity index (χ4n) is 7.30. The van der Waals surface area contributed by atoms with E-state index in [-0.39, 0.29) is 19.4 Å². The van der Waals surface area contributed by atoms with Crippen LogP contribution in [0.5, 0.6) is 0 Å². The number of esters is 2. The number of rotatable bonds is 48. The molecule has 1 unspecified atom stereocenters. The third-order valence-corrected chi connectivity index (χ3v) is 12.2. The van der Waals surface area contributed by atoms with Crippen LogP contribution in [0.4, 0.5) is 0 Å². The summed E-state index contributed by atoms with van der Waals surface area (Å²) in [6.07, 6.45) is 47.0. The second-order valence-electron chi connectivity index (χ2n) is 17.3. The first-order chi connectivity index (χ1) is 29.6. The van der Waals surface area contributed by atoms with Crippen LogP contribution >= 0.6 is 7.82 Å². The Morgan fingerprint density at radius 2 is 0.820 bits per heavy atom. The molecule has 0 aliphatic rings. The largest absolute Gasteiger partial charge is 0.480 e. The van der Waals surface area contributed by atoms with E-state index in [2.05, 4.69) is 30.5 Å². The second-order valence-corrected chi connectivity index (χ2v) is 18.8. The number of hydrogen-bond acceptors (Lipinski definition) is 9. The van der Waals surface area contributed by atoms with Crippen molar-refractivity contribution in [2.45, 2.75) is 264 Å². The molecule has 0 aromatic carbocycles. The van der Waals surface area contributed by atoms with E-state index in [0.717, 1.165) is 44.9 Å². The summed E-state index contributed by atoms with van der Waals surface area (Å²) < 4.78 is 32.8. The number of carboxylic acid groups (broad SMARTS) is 1. The molecule has 0 spiro atoms. The van der Waals surface area contributed by atoms with Gasteiger partial charge < -0.3 is 25.2 Å². The second kappa shape index (κ2) is 44.8. The van der Waals surface area contributed by atoms with Crippen molar-refractivity contribution in [2.24, 2.45) is 5.73 Å². The number of hydrogen-bond donors (Lipinski definition) is 3. The van der Waals surface area contributed by atoms with Crippen molar-refractivity contribution in [1.29, 1.82) is 0 Å². The van der Waals surface area contributed by atoms with Crippen LogP contribution in [-0.2, 0) is 37.5 Å². The Balaban J connectivity index is 4.23. The lowest BCUT2D eigenvalue weighted by atomic mass is 10.0. The van der Waals surface area contributed by atoms with E-state index < -0.39 is 51.1 Å². The van der Waals surface area contributed by atoms with Gasteiger partial charge in [-0.2, -0.15) is 0 Å². The summed E-state index contributed by atoms with van der Waals surface area (Å²) in [4.78, 5) is 46.1. The van der Waals surface area contributed by atoms with Crippen molar-refractivity contribution < 1.29 is 47.5 Å². The van der Waals surface area contributed by atoms with Crippen molar-refractivity contribution in [2.75, 3.05) is 19.8 Å². The highest BCUT2D eigenvalue weighted by Gasteiger charge is 2.28. The van der Waals surface area contributed by atoms with E-state index in [9.17, 15) is 23.8 Å². The van der Waals surface area contributed by atoms with Crippen LogP contribution in [-0.4, -0.2) is 59.9 Å². The Morgan fingerprint density at radius 1 is 0.492 bits per heavy atom. The van der Waals surface area contributed by atoms with Gasteiger partial charge in [0.15, 0.2) is 6.10 Å². The van der Waals surface area contributed by atoms with Crippen molar-refractivity contribution in [1.82, 2.24) is 0 Å². The molecule has 61 heavy (non-hydrogen) atoms. The first-order valence-electron chi connectivity index (χ1n) is 25.2. The lowest BCUT2D eigenvalue weighted by Crippen LogP contribution is -2.34. The number of carboxylic acids is 1. The molecule has 3 atom stereocenters. The Labute approximate surface area is 373 Å². The number of nitrogens with two attached hydrogens (primary N) is 1. The fourth-order valence-corrected chi connectivity index (χ4v) is 8.08. The van der Waals surface area contributed by atoms with E-state index in [1.807, 2.05) is 0 Å². The molecule has 0 heterocycles. The molecule has 0 fully saturated rings. The third kappa shape index (κ3) is 44.6. The molecular formula is C49H94NO10P. The molecule has 0 aliphatic heterocycles. The Kier molecular flexibility index (Phi) is 43.5. The highest BCUT2D eigenvalue weighted by Crippen LogP contribution is 2.43. The Morgan fingerprint density at radius 3 is 1.20 bits per heavy atom. The normalized spacial score (nSPS) is 13.6. The smallest absolute Gasteiger partial charge is 0.472 e. The molecule has 360 valence electrons. The van der Waals surface area contributed by atoms with E-state index >= 15 is 0 Å². The van der Waals surface area contributed by atoms with E-state index in [1.54, 1.807) is 0 Å². The molecule has 0 aromatic heterocycles. The van der Waals surface area contributed by atoms with Gasteiger partial charge in [-0.05, 0) is 38.5 Å². The summed E-state index contributed by atoms with van der Waals surface area (Å²) >= 11 is 0. The molecule has 0 amide bonds. The number of aliphatic carboxylic acids is 1. The predicted molar refractivity (Wildman–Crippen MR) is 249 cm³/mol. The van der Waals surface area contributed by atoms with E-state index in [4.69, 9.17) is 24.8 Å². The van der Waals surface area contributed by atoms with Gasteiger partial charge in [0, 0.05) is 12.8 Å². The summed E-state index contributed by atoms with van der Waals surface area (Å²) in [6.45, 7) is 2.85. The molecule has 0 bridgehead atoms. The molecule has 0 saturated carbocycles. The van der Waals surface area contributed by atoms with Crippen molar-refractivity contribution in [3.05, 3.63) is 12.2 Å². The molecule has 11 nitrogen and oxygen atoms in total. The highest BCUT2D eigenvalue weighted by molar-refractivity contribution is 7.47. The SMILES string of the molecule is CCCCCCCC/C=C/CCCCCCCCCC(=O)OC[C@H](COP(=O)(O)OC[C@H](N)C(=O)O)OC(=O)CCCCCCCCCCCCCCCCCCCCCC. The van der Waals surface area contributed by atoms with Gasteiger partial charge in [0.2, 0.25) is 0 Å². The van der Waals surface area contributed by atoms with Crippen LogP contribution in [0.1, 0.15) is 251 Å². The Hall–Kier alpha value is -1.78. The molecule has 0 aromatic rings. The zero-order valence-corrected chi connectivity index (χ0v) is 40.2. The summed E-state index contributed by atoms with van der Waals surface area (Å²) in [5.74, 6) is -2.36. The number of ether oxygens (including phenoxy) is 2. The standard InChI is InChI=1S/C49H94NO10P/c1-3-5-7-9-11-13-15-17-19-21-22-23-25-27-29-31-33-35-37-39-41-48(52)60-45(43-58-61(55,56)59-44-46(50)49(53)54)42-57-47(51)40-38-36-34-32-30-28-26-24-20-18-16-14-12-10-8-6-4-2/h18,20,45-46H,3-17,19,21-44,50H2,1-2H3,(H,53,54)(H,55,56)/b20-18+/t45-,46+/m1/s1. The topological polar surface area (TPSA) is 172 Å². The summed E-state index contributed by atoms with van der Waals surface area (Å²) in [5.41, 5.74) is 5.35. The van der Waals surface area contributed by atoms with E-state index in [1.165, 1.54) is 167 Å². The summed E-state index contributed by atoms with van der Waals surface area (Å²) in [7, 11) is -4.72. The van der Waals surface area contributed by atoms with E-state index in [0.29, 0.717) is 12.8 Å². The lowest BCUT2D eigenvalue weighted by Gasteiger charge is -2.20. The first kappa shape index (κ1) is 59.2.